The zero-order valence-corrected chi connectivity index (χ0v) is 17.2. The molecule has 1 fully saturated rings. The summed E-state index contributed by atoms with van der Waals surface area (Å²) in [4.78, 5) is 12.2. The summed E-state index contributed by atoms with van der Waals surface area (Å²) in [5.41, 5.74) is 1.16. The van der Waals surface area contributed by atoms with Gasteiger partial charge in [-0.2, -0.15) is 4.31 Å². The summed E-state index contributed by atoms with van der Waals surface area (Å²) < 4.78 is 31.9. The van der Waals surface area contributed by atoms with Crippen LogP contribution in [0.4, 0.5) is 0 Å². The molecule has 1 aromatic rings. The number of ether oxygens (including phenoxy) is 1. The zero-order chi connectivity index (χ0) is 19.2. The highest BCUT2D eigenvalue weighted by Crippen LogP contribution is 2.18. The van der Waals surface area contributed by atoms with E-state index >= 15 is 0 Å². The van der Waals surface area contributed by atoms with Gasteiger partial charge in [-0.3, -0.25) is 4.79 Å². The summed E-state index contributed by atoms with van der Waals surface area (Å²) in [6.07, 6.45) is -0.227. The summed E-state index contributed by atoms with van der Waals surface area (Å²) in [5, 5.41) is 2.50. The molecule has 1 heterocycles. The van der Waals surface area contributed by atoms with Crippen LogP contribution in [-0.2, 0) is 25.3 Å². The van der Waals surface area contributed by atoms with Gasteiger partial charge in [0.1, 0.15) is 0 Å². The first-order valence-corrected chi connectivity index (χ1v) is 11.5. The molecule has 0 aliphatic carbocycles. The van der Waals surface area contributed by atoms with Crippen molar-refractivity contribution in [3.8, 4) is 0 Å². The lowest BCUT2D eigenvalue weighted by Crippen LogP contribution is -2.49. The van der Waals surface area contributed by atoms with Crippen LogP contribution in [0.15, 0.2) is 30.3 Å². The third-order valence-corrected chi connectivity index (χ3v) is 7.17. The smallest absolute Gasteiger partial charge is 0.232 e. The van der Waals surface area contributed by atoms with Gasteiger partial charge >= 0.3 is 0 Å². The monoisotopic (exact) mass is 400 g/mol. The van der Waals surface area contributed by atoms with E-state index in [1.807, 2.05) is 51.1 Å². The first kappa shape index (κ1) is 21.2. The van der Waals surface area contributed by atoms with Crippen LogP contribution in [0, 0.1) is 0 Å². The molecule has 1 amide bonds. The third-order valence-electron chi connectivity index (χ3n) is 4.15. The van der Waals surface area contributed by atoms with Crippen molar-refractivity contribution in [2.24, 2.45) is 0 Å². The molecule has 0 aromatic heterocycles. The number of sulfonamides is 1. The van der Waals surface area contributed by atoms with Gasteiger partial charge in [-0.05, 0) is 26.3 Å². The Kier molecular flexibility index (Phi) is 7.94. The van der Waals surface area contributed by atoms with Crippen molar-refractivity contribution in [3.05, 3.63) is 35.9 Å². The normalized spacial score (nSPS) is 22.7. The molecule has 0 bridgehead atoms. The van der Waals surface area contributed by atoms with E-state index in [2.05, 4.69) is 5.32 Å². The van der Waals surface area contributed by atoms with E-state index < -0.39 is 10.0 Å². The minimum Gasteiger partial charge on any atom is -0.373 e. The average molecular weight is 401 g/mol. The predicted molar refractivity (Wildman–Crippen MR) is 106 cm³/mol. The number of amides is 1. The van der Waals surface area contributed by atoms with Crippen LogP contribution < -0.4 is 5.32 Å². The largest absolute Gasteiger partial charge is 0.373 e. The quantitative estimate of drug-likeness (QED) is 0.721. The van der Waals surface area contributed by atoms with Crippen LogP contribution in [0.2, 0.25) is 0 Å². The molecule has 1 aromatic carbocycles. The minimum absolute atomic E-state index is 0.0890. The van der Waals surface area contributed by atoms with Crippen LogP contribution in [0.25, 0.3) is 0 Å². The van der Waals surface area contributed by atoms with Crippen LogP contribution in [0.5, 0.6) is 0 Å². The molecule has 6 nitrogen and oxygen atoms in total. The van der Waals surface area contributed by atoms with E-state index in [9.17, 15) is 13.2 Å². The van der Waals surface area contributed by atoms with Gasteiger partial charge in [0.05, 0.1) is 23.2 Å². The topological polar surface area (TPSA) is 75.7 Å². The van der Waals surface area contributed by atoms with Gasteiger partial charge in [0.15, 0.2) is 0 Å². The predicted octanol–water partition coefficient (Wildman–Crippen LogP) is 1.86. The summed E-state index contributed by atoms with van der Waals surface area (Å²) in [6.45, 7) is 6.42. The van der Waals surface area contributed by atoms with E-state index in [1.165, 1.54) is 16.1 Å². The van der Waals surface area contributed by atoms with Crippen LogP contribution in [0.3, 0.4) is 0 Å². The molecular formula is C18H28N2O4S2. The number of nitrogens with one attached hydrogen (secondary N) is 1. The second kappa shape index (κ2) is 9.73. The number of benzene rings is 1. The molecule has 1 aliphatic rings. The molecule has 3 atom stereocenters. The van der Waals surface area contributed by atoms with Crippen molar-refractivity contribution in [2.75, 3.05) is 25.4 Å². The van der Waals surface area contributed by atoms with E-state index in [-0.39, 0.29) is 35.7 Å². The lowest BCUT2D eigenvalue weighted by Gasteiger charge is -2.34. The number of hydrogen-bond donors (Lipinski definition) is 1. The Labute approximate surface area is 160 Å². The second-order valence-corrected chi connectivity index (χ2v) is 10.0. The standard InChI is InChI=1S/C18H28N2O4S2/c1-14-11-20(12-15(2)24-14)26(22,23)10-9-19-18(21)16(3)25-13-17-7-5-4-6-8-17/h4-8,14-16H,9-13H2,1-3H3,(H,19,21)/t14-,15+,16-/m0/s1. The Bertz CT molecular complexity index is 672. The lowest BCUT2D eigenvalue weighted by atomic mass is 10.2. The third kappa shape index (κ3) is 6.57. The molecule has 26 heavy (non-hydrogen) atoms. The molecule has 8 heteroatoms. The molecule has 0 saturated carbocycles. The molecule has 146 valence electrons. The number of morpholine rings is 1. The van der Waals surface area contributed by atoms with Crippen molar-refractivity contribution >= 4 is 27.7 Å². The Morgan fingerprint density at radius 2 is 1.88 bits per heavy atom. The highest BCUT2D eigenvalue weighted by molar-refractivity contribution is 7.99. The first-order valence-electron chi connectivity index (χ1n) is 8.84. The molecule has 0 unspecified atom stereocenters. The highest BCUT2D eigenvalue weighted by atomic mass is 32.2. The SMILES string of the molecule is C[C@@H]1CN(S(=O)(=O)CCNC(=O)[C@H](C)SCc2ccccc2)C[C@H](C)O1. The van der Waals surface area contributed by atoms with Gasteiger partial charge in [0.25, 0.3) is 0 Å². The van der Waals surface area contributed by atoms with Crippen LogP contribution >= 0.6 is 11.8 Å². The Hall–Kier alpha value is -1.09. The summed E-state index contributed by atoms with van der Waals surface area (Å²) >= 11 is 1.54. The number of nitrogens with zero attached hydrogens (tertiary/aromatic N) is 1. The number of hydrogen-bond acceptors (Lipinski definition) is 5. The first-order chi connectivity index (χ1) is 12.3. The van der Waals surface area contributed by atoms with Gasteiger partial charge in [-0.25, -0.2) is 8.42 Å². The fourth-order valence-corrected chi connectivity index (χ4v) is 5.17. The van der Waals surface area contributed by atoms with Gasteiger partial charge in [0, 0.05) is 25.4 Å². The zero-order valence-electron chi connectivity index (χ0n) is 15.6. The van der Waals surface area contributed by atoms with E-state index in [4.69, 9.17) is 4.74 Å². The molecule has 1 N–H and O–H groups in total. The van der Waals surface area contributed by atoms with Gasteiger partial charge in [-0.15, -0.1) is 11.8 Å². The van der Waals surface area contributed by atoms with Crippen LogP contribution in [0.1, 0.15) is 26.3 Å². The number of carbonyl (C=O) groups excluding carboxylic acids is 1. The highest BCUT2D eigenvalue weighted by Gasteiger charge is 2.30. The number of thioether (sulfide) groups is 1. The maximum atomic E-state index is 12.5. The van der Waals surface area contributed by atoms with E-state index in [0.717, 1.165) is 11.3 Å². The number of carbonyl (C=O) groups is 1. The average Bonchev–Trinajstić information content (AvgIpc) is 2.59. The summed E-state index contributed by atoms with van der Waals surface area (Å²) in [7, 11) is -3.39. The van der Waals surface area contributed by atoms with Crippen molar-refractivity contribution in [1.82, 2.24) is 9.62 Å². The fraction of sp³-hybridized carbons (Fsp3) is 0.611. The van der Waals surface area contributed by atoms with Crippen LogP contribution in [-0.4, -0.2) is 61.5 Å². The van der Waals surface area contributed by atoms with Crippen molar-refractivity contribution in [2.45, 2.75) is 44.0 Å². The molecular weight excluding hydrogens is 372 g/mol. The maximum absolute atomic E-state index is 12.5. The van der Waals surface area contributed by atoms with Crippen molar-refractivity contribution in [1.29, 1.82) is 0 Å². The van der Waals surface area contributed by atoms with Gasteiger partial charge in [-0.1, -0.05) is 30.3 Å². The molecule has 1 saturated heterocycles. The lowest BCUT2D eigenvalue weighted by molar-refractivity contribution is -0.120. The van der Waals surface area contributed by atoms with Crippen molar-refractivity contribution in [3.63, 3.8) is 0 Å². The van der Waals surface area contributed by atoms with E-state index in [1.54, 1.807) is 0 Å². The van der Waals surface area contributed by atoms with Gasteiger partial charge < -0.3 is 10.1 Å². The summed E-state index contributed by atoms with van der Waals surface area (Å²) in [5.74, 6) is 0.524. The van der Waals surface area contributed by atoms with E-state index in [0.29, 0.717) is 13.1 Å². The molecule has 2 rings (SSSR count). The minimum atomic E-state index is -3.39. The Morgan fingerprint density at radius 1 is 1.27 bits per heavy atom. The Balaban J connectivity index is 1.74. The molecule has 1 aliphatic heterocycles. The second-order valence-electron chi connectivity index (χ2n) is 6.62. The fourth-order valence-electron chi connectivity index (χ4n) is 2.81. The maximum Gasteiger partial charge on any atom is 0.232 e. The molecule has 0 spiro atoms. The Morgan fingerprint density at radius 3 is 2.50 bits per heavy atom. The van der Waals surface area contributed by atoms with Crippen molar-refractivity contribution < 1.29 is 17.9 Å². The summed E-state index contributed by atoms with van der Waals surface area (Å²) in [6, 6.07) is 9.95. The molecule has 0 radical (unpaired) electrons. The number of rotatable bonds is 8. The van der Waals surface area contributed by atoms with Gasteiger partial charge in [0.2, 0.25) is 15.9 Å².